The number of hydrogen-bond acceptors (Lipinski definition) is 5. The van der Waals surface area contributed by atoms with E-state index < -0.39 is 29.2 Å². The van der Waals surface area contributed by atoms with E-state index in [1.165, 1.54) is 28.5 Å². The third-order valence-corrected chi connectivity index (χ3v) is 4.54. The minimum atomic E-state index is -1.23. The van der Waals surface area contributed by atoms with Gasteiger partial charge in [-0.3, -0.25) is 14.5 Å². The van der Waals surface area contributed by atoms with E-state index >= 15 is 0 Å². The standard InChI is InChI=1S/C21H21FN4O2S/c1-21(2,3)23-19(27)18(15-11-7-8-12-16(15)22)26(14-9-5-4-6-10-14)20(28)17-13-29-25-24-17/h4-13,18H,1-3H3,(H,23,27). The molecule has 3 aromatic rings. The van der Waals surface area contributed by atoms with Gasteiger partial charge in [0, 0.05) is 22.2 Å². The highest BCUT2D eigenvalue weighted by molar-refractivity contribution is 7.03. The molecule has 2 aromatic carbocycles. The zero-order valence-corrected chi connectivity index (χ0v) is 17.1. The maximum absolute atomic E-state index is 14.8. The van der Waals surface area contributed by atoms with Crippen LogP contribution in [0.1, 0.15) is 42.9 Å². The second-order valence-electron chi connectivity index (χ2n) is 7.46. The van der Waals surface area contributed by atoms with Crippen LogP contribution < -0.4 is 10.2 Å². The summed E-state index contributed by atoms with van der Waals surface area (Å²) in [5, 5.41) is 8.21. The van der Waals surface area contributed by atoms with Gasteiger partial charge in [0.1, 0.15) is 11.9 Å². The summed E-state index contributed by atoms with van der Waals surface area (Å²) in [4.78, 5) is 27.9. The van der Waals surface area contributed by atoms with Crippen molar-refractivity contribution in [3.63, 3.8) is 0 Å². The van der Waals surface area contributed by atoms with Gasteiger partial charge >= 0.3 is 0 Å². The molecule has 6 nitrogen and oxygen atoms in total. The summed E-state index contributed by atoms with van der Waals surface area (Å²) in [6.07, 6.45) is 0. The van der Waals surface area contributed by atoms with Gasteiger partial charge in [-0.1, -0.05) is 40.9 Å². The van der Waals surface area contributed by atoms with Gasteiger partial charge in [-0.2, -0.15) is 0 Å². The van der Waals surface area contributed by atoms with Crippen molar-refractivity contribution < 1.29 is 14.0 Å². The van der Waals surface area contributed by atoms with Crippen LogP contribution in [0.4, 0.5) is 10.1 Å². The van der Waals surface area contributed by atoms with Gasteiger partial charge in [0.25, 0.3) is 5.91 Å². The van der Waals surface area contributed by atoms with Crippen LogP contribution in [0, 0.1) is 5.82 Å². The van der Waals surface area contributed by atoms with Crippen molar-refractivity contribution in [1.29, 1.82) is 0 Å². The van der Waals surface area contributed by atoms with Gasteiger partial charge < -0.3 is 5.32 Å². The van der Waals surface area contributed by atoms with Crippen molar-refractivity contribution in [2.75, 3.05) is 4.90 Å². The van der Waals surface area contributed by atoms with Crippen molar-refractivity contribution in [1.82, 2.24) is 14.9 Å². The molecule has 8 heteroatoms. The minimum absolute atomic E-state index is 0.0868. The molecule has 0 aliphatic rings. The van der Waals surface area contributed by atoms with Gasteiger partial charge in [-0.05, 0) is 50.5 Å². The highest BCUT2D eigenvalue weighted by Gasteiger charge is 2.37. The van der Waals surface area contributed by atoms with E-state index in [9.17, 15) is 14.0 Å². The van der Waals surface area contributed by atoms with Crippen LogP contribution in [0.2, 0.25) is 0 Å². The maximum atomic E-state index is 14.8. The molecule has 0 aliphatic carbocycles. The Balaban J connectivity index is 2.18. The molecule has 0 bridgehead atoms. The number of aromatic nitrogens is 2. The lowest BCUT2D eigenvalue weighted by Crippen LogP contribution is -2.49. The van der Waals surface area contributed by atoms with Gasteiger partial charge in [0.05, 0.1) is 0 Å². The minimum Gasteiger partial charge on any atom is -0.349 e. The predicted octanol–water partition coefficient (Wildman–Crippen LogP) is 3.98. The number of benzene rings is 2. The molecule has 0 fully saturated rings. The summed E-state index contributed by atoms with van der Waals surface area (Å²) < 4.78 is 18.5. The Kier molecular flexibility index (Phi) is 6.03. The van der Waals surface area contributed by atoms with E-state index in [0.717, 1.165) is 11.5 Å². The molecular weight excluding hydrogens is 391 g/mol. The summed E-state index contributed by atoms with van der Waals surface area (Å²) in [5.41, 5.74) is 0.0509. The molecule has 2 amide bonds. The molecule has 150 valence electrons. The second-order valence-corrected chi connectivity index (χ2v) is 8.07. The number of carbonyl (C=O) groups is 2. The summed E-state index contributed by atoms with van der Waals surface area (Å²) in [6, 6.07) is 13.4. The number of nitrogens with zero attached hydrogens (tertiary/aromatic N) is 3. The summed E-state index contributed by atoms with van der Waals surface area (Å²) >= 11 is 1.03. The molecule has 0 aliphatic heterocycles. The molecule has 0 saturated heterocycles. The maximum Gasteiger partial charge on any atom is 0.280 e. The van der Waals surface area contributed by atoms with Crippen LogP contribution in [-0.2, 0) is 4.79 Å². The topological polar surface area (TPSA) is 75.2 Å². The molecule has 1 heterocycles. The highest BCUT2D eigenvalue weighted by atomic mass is 32.1. The van der Waals surface area contributed by atoms with E-state index in [4.69, 9.17) is 0 Å². The van der Waals surface area contributed by atoms with Crippen LogP contribution >= 0.6 is 11.5 Å². The zero-order valence-electron chi connectivity index (χ0n) is 16.3. The number of anilines is 1. The predicted molar refractivity (Wildman–Crippen MR) is 110 cm³/mol. The van der Waals surface area contributed by atoms with E-state index in [1.807, 2.05) is 20.8 Å². The van der Waals surface area contributed by atoms with Crippen LogP contribution in [0.25, 0.3) is 0 Å². The molecule has 0 radical (unpaired) electrons. The Morgan fingerprint density at radius 1 is 1.07 bits per heavy atom. The summed E-state index contributed by atoms with van der Waals surface area (Å²) in [6.45, 7) is 5.47. The first-order valence-corrected chi connectivity index (χ1v) is 9.84. The zero-order chi connectivity index (χ0) is 21.0. The number of hydrogen-bond donors (Lipinski definition) is 1. The first-order valence-electron chi connectivity index (χ1n) is 9.00. The number of rotatable bonds is 5. The first kappa shape index (κ1) is 20.6. The van der Waals surface area contributed by atoms with Gasteiger partial charge in [-0.25, -0.2) is 4.39 Å². The van der Waals surface area contributed by atoms with Crippen LogP contribution in [0.15, 0.2) is 60.0 Å². The van der Waals surface area contributed by atoms with Gasteiger partial charge in [0.2, 0.25) is 5.91 Å². The van der Waals surface area contributed by atoms with E-state index in [-0.39, 0.29) is 11.3 Å². The largest absolute Gasteiger partial charge is 0.349 e. The molecular formula is C21H21FN4O2S. The number of para-hydroxylation sites is 1. The second kappa shape index (κ2) is 8.48. The van der Waals surface area contributed by atoms with Crippen LogP contribution in [0.3, 0.4) is 0 Å². The monoisotopic (exact) mass is 412 g/mol. The number of nitrogens with one attached hydrogen (secondary N) is 1. The number of carbonyl (C=O) groups excluding carboxylic acids is 2. The third-order valence-electron chi connectivity index (χ3n) is 4.04. The SMILES string of the molecule is CC(C)(C)NC(=O)C(c1ccccc1F)N(C(=O)c1csnn1)c1ccccc1. The first-order chi connectivity index (χ1) is 13.8. The lowest BCUT2D eigenvalue weighted by Gasteiger charge is -2.33. The molecule has 3 rings (SSSR count). The van der Waals surface area contributed by atoms with Crippen molar-refractivity contribution in [3.8, 4) is 0 Å². The number of halogens is 1. The third kappa shape index (κ3) is 4.83. The fraction of sp³-hybridized carbons (Fsp3) is 0.238. The van der Waals surface area contributed by atoms with Gasteiger partial charge in [0.15, 0.2) is 5.69 Å². The van der Waals surface area contributed by atoms with Gasteiger partial charge in [-0.15, -0.1) is 5.10 Å². The van der Waals surface area contributed by atoms with E-state index in [2.05, 4.69) is 14.9 Å². The highest BCUT2D eigenvalue weighted by Crippen LogP contribution is 2.31. The molecule has 1 unspecified atom stereocenters. The smallest absolute Gasteiger partial charge is 0.280 e. The van der Waals surface area contributed by atoms with E-state index in [1.54, 1.807) is 36.4 Å². The molecule has 29 heavy (non-hydrogen) atoms. The quantitative estimate of drug-likeness (QED) is 0.688. The Morgan fingerprint density at radius 3 is 2.31 bits per heavy atom. The Hall–Kier alpha value is -3.13. The van der Waals surface area contributed by atoms with Crippen LogP contribution in [-0.4, -0.2) is 26.9 Å². The van der Waals surface area contributed by atoms with Crippen molar-refractivity contribution in [2.24, 2.45) is 0 Å². The van der Waals surface area contributed by atoms with Crippen molar-refractivity contribution in [3.05, 3.63) is 77.1 Å². The van der Waals surface area contributed by atoms with Crippen LogP contribution in [0.5, 0.6) is 0 Å². The van der Waals surface area contributed by atoms with Crippen molar-refractivity contribution >= 4 is 29.0 Å². The fourth-order valence-electron chi connectivity index (χ4n) is 2.89. The Morgan fingerprint density at radius 2 is 1.72 bits per heavy atom. The lowest BCUT2D eigenvalue weighted by atomic mass is 10.00. The summed E-state index contributed by atoms with van der Waals surface area (Å²) in [5.74, 6) is -1.61. The molecule has 0 saturated carbocycles. The normalized spacial score (nSPS) is 12.3. The molecule has 0 spiro atoms. The van der Waals surface area contributed by atoms with E-state index in [0.29, 0.717) is 5.69 Å². The average molecular weight is 412 g/mol. The Bertz CT molecular complexity index is 987. The average Bonchev–Trinajstić information content (AvgIpc) is 3.20. The molecule has 1 N–H and O–H groups in total. The fourth-order valence-corrected chi connectivity index (χ4v) is 3.32. The van der Waals surface area contributed by atoms with Crippen molar-refractivity contribution in [2.45, 2.75) is 32.4 Å². The number of amides is 2. The summed E-state index contributed by atoms with van der Waals surface area (Å²) in [7, 11) is 0. The molecule has 1 aromatic heterocycles. The lowest BCUT2D eigenvalue weighted by molar-refractivity contribution is -0.124. The Labute approximate surface area is 172 Å². The molecule has 1 atom stereocenters.